The summed E-state index contributed by atoms with van der Waals surface area (Å²) in [4.78, 5) is 43.4. The van der Waals surface area contributed by atoms with Crippen molar-refractivity contribution >= 4 is 46.5 Å². The molecule has 3 aliphatic heterocycles. The van der Waals surface area contributed by atoms with Gasteiger partial charge in [-0.2, -0.15) is 4.99 Å². The molecule has 1 aromatic rings. The molecule has 1 spiro atoms. The van der Waals surface area contributed by atoms with E-state index in [1.807, 2.05) is 24.3 Å². The van der Waals surface area contributed by atoms with E-state index in [1.54, 1.807) is 19.9 Å². The third-order valence-electron chi connectivity index (χ3n) is 6.33. The monoisotopic (exact) mass is 531 g/mol. The van der Waals surface area contributed by atoms with Crippen molar-refractivity contribution in [1.29, 1.82) is 0 Å². The molecule has 0 saturated carbocycles. The first-order chi connectivity index (χ1) is 17.9. The summed E-state index contributed by atoms with van der Waals surface area (Å²) in [6.07, 6.45) is 3.66. The maximum Gasteiger partial charge on any atom is 0.328 e. The number of hydrogen-bond donors (Lipinski definition) is 1. The van der Waals surface area contributed by atoms with E-state index in [4.69, 9.17) is 18.9 Å². The number of ether oxygens (including phenoxy) is 4. The van der Waals surface area contributed by atoms with Crippen molar-refractivity contribution in [3.63, 3.8) is 0 Å². The van der Waals surface area contributed by atoms with Gasteiger partial charge in [-0.05, 0) is 55.8 Å². The molecule has 0 radical (unpaired) electrons. The normalized spacial score (nSPS) is 20.7. The standard InChI is InChI=1S/C26H33N3O7S/c1-3-33-22(30)10-9-20(24(32)34-4-2)27-25-28-23(31)21(37-25)17-18-5-7-19(8-6-18)29-13-11-26(12-14-29)35-15-16-36-26/h5-8,17,20H,3-4,9-16H2,1-2H3,(H,27,28,31)/b21-17-/t20-/m0/s1. The van der Waals surface area contributed by atoms with E-state index in [-0.39, 0.29) is 32.0 Å². The van der Waals surface area contributed by atoms with E-state index in [2.05, 4.69) is 15.2 Å². The molecule has 10 nitrogen and oxygen atoms in total. The molecule has 37 heavy (non-hydrogen) atoms. The van der Waals surface area contributed by atoms with Gasteiger partial charge in [0.1, 0.15) is 6.04 Å². The fourth-order valence-electron chi connectivity index (χ4n) is 4.43. The molecule has 0 aromatic heterocycles. The molecular formula is C26H33N3O7S. The van der Waals surface area contributed by atoms with Crippen LogP contribution in [0.15, 0.2) is 34.2 Å². The molecule has 11 heteroatoms. The van der Waals surface area contributed by atoms with Crippen molar-refractivity contribution in [1.82, 2.24) is 5.32 Å². The van der Waals surface area contributed by atoms with Gasteiger partial charge in [-0.1, -0.05) is 12.1 Å². The highest BCUT2D eigenvalue weighted by Crippen LogP contribution is 2.34. The fourth-order valence-corrected chi connectivity index (χ4v) is 5.30. The van der Waals surface area contributed by atoms with Crippen molar-refractivity contribution in [3.8, 4) is 0 Å². The number of benzene rings is 1. The summed E-state index contributed by atoms with van der Waals surface area (Å²) in [7, 11) is 0. The second-order valence-electron chi connectivity index (χ2n) is 8.81. The molecule has 3 aliphatic rings. The summed E-state index contributed by atoms with van der Waals surface area (Å²) >= 11 is 1.15. The third kappa shape index (κ3) is 7.12. The van der Waals surface area contributed by atoms with Gasteiger partial charge < -0.3 is 29.2 Å². The number of carbonyl (C=O) groups is 3. The van der Waals surface area contributed by atoms with E-state index >= 15 is 0 Å². The predicted molar refractivity (Wildman–Crippen MR) is 140 cm³/mol. The number of piperidine rings is 1. The lowest BCUT2D eigenvalue weighted by Crippen LogP contribution is -2.45. The topological polar surface area (TPSA) is 116 Å². The van der Waals surface area contributed by atoms with Crippen LogP contribution in [-0.4, -0.2) is 74.4 Å². The second-order valence-corrected chi connectivity index (χ2v) is 9.84. The number of aliphatic imine (C=N–C) groups is 1. The van der Waals surface area contributed by atoms with Crippen molar-refractivity contribution in [2.75, 3.05) is 44.4 Å². The number of thioether (sulfide) groups is 1. The van der Waals surface area contributed by atoms with Crippen molar-refractivity contribution in [2.24, 2.45) is 4.99 Å². The molecule has 3 heterocycles. The molecule has 0 aliphatic carbocycles. The van der Waals surface area contributed by atoms with Crippen LogP contribution in [0.2, 0.25) is 0 Å². The summed E-state index contributed by atoms with van der Waals surface area (Å²) in [5.41, 5.74) is 1.98. The Morgan fingerprint density at radius 3 is 2.46 bits per heavy atom. The van der Waals surface area contributed by atoms with E-state index in [9.17, 15) is 14.4 Å². The van der Waals surface area contributed by atoms with Gasteiger partial charge in [0.2, 0.25) is 0 Å². The highest BCUT2D eigenvalue weighted by Gasteiger charge is 2.39. The minimum atomic E-state index is -0.814. The van der Waals surface area contributed by atoms with Crippen LogP contribution in [-0.2, 0) is 33.3 Å². The van der Waals surface area contributed by atoms with E-state index in [0.717, 1.165) is 48.9 Å². The van der Waals surface area contributed by atoms with E-state index < -0.39 is 23.8 Å². The highest BCUT2D eigenvalue weighted by molar-refractivity contribution is 8.18. The largest absolute Gasteiger partial charge is 0.466 e. The average molecular weight is 532 g/mol. The van der Waals surface area contributed by atoms with Crippen LogP contribution >= 0.6 is 11.8 Å². The summed E-state index contributed by atoms with van der Waals surface area (Å²) < 4.78 is 21.7. The summed E-state index contributed by atoms with van der Waals surface area (Å²) in [5, 5.41) is 3.26. The van der Waals surface area contributed by atoms with Gasteiger partial charge in [0.05, 0.1) is 31.3 Å². The van der Waals surface area contributed by atoms with Crippen LogP contribution in [0.3, 0.4) is 0 Å². The van der Waals surface area contributed by atoms with Crippen molar-refractivity contribution < 1.29 is 33.3 Å². The first-order valence-electron chi connectivity index (χ1n) is 12.7. The number of nitrogens with zero attached hydrogens (tertiary/aromatic N) is 2. The number of amides is 1. The lowest BCUT2D eigenvalue weighted by Gasteiger charge is -2.38. The zero-order valence-corrected chi connectivity index (χ0v) is 22.0. The first kappa shape index (κ1) is 27.2. The molecule has 200 valence electrons. The van der Waals surface area contributed by atoms with Crippen molar-refractivity contribution in [3.05, 3.63) is 34.7 Å². The lowest BCUT2D eigenvalue weighted by molar-refractivity contribution is -0.169. The summed E-state index contributed by atoms with van der Waals surface area (Å²) in [6.45, 7) is 6.94. The van der Waals surface area contributed by atoms with Crippen LogP contribution in [0.5, 0.6) is 0 Å². The number of nitrogens with one attached hydrogen (secondary N) is 1. The van der Waals surface area contributed by atoms with Gasteiger partial charge >= 0.3 is 11.9 Å². The zero-order valence-electron chi connectivity index (χ0n) is 21.2. The molecule has 2 saturated heterocycles. The van der Waals surface area contributed by atoms with Gasteiger partial charge in [-0.3, -0.25) is 9.59 Å². The molecule has 0 unspecified atom stereocenters. The van der Waals surface area contributed by atoms with Crippen LogP contribution in [0.1, 0.15) is 45.1 Å². The lowest BCUT2D eigenvalue weighted by atomic mass is 10.0. The fraction of sp³-hybridized carbons (Fsp3) is 0.538. The number of esters is 2. The second kappa shape index (κ2) is 12.6. The van der Waals surface area contributed by atoms with Crippen LogP contribution in [0.25, 0.3) is 6.08 Å². The van der Waals surface area contributed by atoms with E-state index in [0.29, 0.717) is 23.3 Å². The Balaban J connectivity index is 1.33. The number of hydrogen-bond acceptors (Lipinski definition) is 10. The van der Waals surface area contributed by atoms with Crippen LogP contribution in [0.4, 0.5) is 5.69 Å². The Kier molecular flexibility index (Phi) is 9.23. The Morgan fingerprint density at radius 2 is 1.81 bits per heavy atom. The van der Waals surface area contributed by atoms with Crippen LogP contribution < -0.4 is 10.2 Å². The number of anilines is 1. The molecule has 1 amide bonds. The minimum absolute atomic E-state index is 0.0450. The molecule has 2 fully saturated rings. The Labute approximate surface area is 220 Å². The molecule has 0 bridgehead atoms. The molecule has 4 rings (SSSR count). The van der Waals surface area contributed by atoms with Gasteiger partial charge in [-0.25, -0.2) is 4.79 Å². The Hall–Kier alpha value is -2.89. The summed E-state index contributed by atoms with van der Waals surface area (Å²) in [6, 6.07) is 7.20. The SMILES string of the molecule is CCOC(=O)CC[C@H](NC1=NC(=O)/C(=C/c2ccc(N3CCC4(CC3)OCCO4)cc2)S1)C(=O)OCC. The van der Waals surface area contributed by atoms with Gasteiger partial charge in [0.25, 0.3) is 5.91 Å². The van der Waals surface area contributed by atoms with Crippen molar-refractivity contribution in [2.45, 2.75) is 51.4 Å². The third-order valence-corrected chi connectivity index (χ3v) is 7.24. The van der Waals surface area contributed by atoms with E-state index in [1.165, 1.54) is 0 Å². The number of amidine groups is 1. The number of rotatable bonds is 9. The highest BCUT2D eigenvalue weighted by atomic mass is 32.2. The minimum Gasteiger partial charge on any atom is -0.466 e. The zero-order chi connectivity index (χ0) is 26.3. The van der Waals surface area contributed by atoms with Crippen LogP contribution in [0, 0.1) is 0 Å². The molecule has 1 atom stereocenters. The summed E-state index contributed by atoms with van der Waals surface area (Å²) in [5.74, 6) is -1.70. The molecule has 1 N–H and O–H groups in total. The molecule has 1 aromatic carbocycles. The smallest absolute Gasteiger partial charge is 0.328 e. The quantitative estimate of drug-likeness (QED) is 0.377. The maximum atomic E-state index is 12.5. The average Bonchev–Trinajstić information content (AvgIpc) is 3.49. The van der Waals surface area contributed by atoms with Gasteiger partial charge in [0.15, 0.2) is 11.0 Å². The molecular weight excluding hydrogens is 498 g/mol. The predicted octanol–water partition coefficient (Wildman–Crippen LogP) is 2.86. The Morgan fingerprint density at radius 1 is 1.14 bits per heavy atom. The maximum absolute atomic E-state index is 12.5. The first-order valence-corrected chi connectivity index (χ1v) is 13.5. The Bertz CT molecular complexity index is 1040. The van der Waals surface area contributed by atoms with Gasteiger partial charge in [0, 0.05) is 38.0 Å². The van der Waals surface area contributed by atoms with Gasteiger partial charge in [-0.15, -0.1) is 0 Å². The number of carbonyl (C=O) groups excluding carboxylic acids is 3.